The van der Waals surface area contributed by atoms with Crippen LogP contribution in [0.2, 0.25) is 0 Å². The van der Waals surface area contributed by atoms with Crippen molar-refractivity contribution < 1.29 is 2.85 Å². The van der Waals surface area contributed by atoms with Crippen LogP contribution in [0.3, 0.4) is 0 Å². The molecule has 0 saturated heterocycles. The molecular weight excluding hydrogens is 386 g/mol. The molecule has 4 aromatic heterocycles. The Kier molecular flexibility index (Phi) is 3.83. The van der Waals surface area contributed by atoms with Crippen LogP contribution < -0.4 is 5.32 Å². The molecule has 7 nitrogen and oxygen atoms in total. The lowest BCUT2D eigenvalue weighted by atomic mass is 10.2. The molecule has 0 radical (unpaired) electrons. The second-order valence-corrected chi connectivity index (χ2v) is 7.82. The zero-order valence-electron chi connectivity index (χ0n) is 17.3. The average Bonchev–Trinajstić information content (AvgIpc) is 3.45. The number of hydrogen-bond acceptors (Lipinski definition) is 4. The van der Waals surface area contributed by atoms with E-state index in [2.05, 4.69) is 77.8 Å². The Morgan fingerprint density at radius 3 is 2.58 bits per heavy atom. The zero-order valence-corrected chi connectivity index (χ0v) is 17.3. The third-order valence-electron chi connectivity index (χ3n) is 5.74. The van der Waals surface area contributed by atoms with Gasteiger partial charge in [0, 0.05) is 15.1 Å². The van der Waals surface area contributed by atoms with Gasteiger partial charge in [-0.25, -0.2) is 4.98 Å². The number of pyridine rings is 1. The molecule has 0 unspecified atom stereocenters. The van der Waals surface area contributed by atoms with Crippen LogP contribution in [0.5, 0.6) is 0 Å². The molecule has 0 saturated carbocycles. The molecular formula is C24H25N7. The van der Waals surface area contributed by atoms with Gasteiger partial charge >= 0.3 is 0 Å². The fourth-order valence-corrected chi connectivity index (χ4v) is 4.24. The minimum absolute atomic E-state index is 0. The van der Waals surface area contributed by atoms with Crippen LogP contribution in [0.15, 0.2) is 66.7 Å². The first-order valence-electron chi connectivity index (χ1n) is 10.3. The Hall–Kier alpha value is -4.13. The van der Waals surface area contributed by atoms with E-state index >= 15 is 0 Å². The van der Waals surface area contributed by atoms with Gasteiger partial charge in [-0.05, 0) is 43.7 Å². The van der Waals surface area contributed by atoms with Gasteiger partial charge in [0.15, 0.2) is 5.65 Å². The largest absolute Gasteiger partial charge is 0.339 e. The van der Waals surface area contributed by atoms with Crippen molar-refractivity contribution in [3.63, 3.8) is 0 Å². The van der Waals surface area contributed by atoms with Crippen molar-refractivity contribution >= 4 is 39.3 Å². The highest BCUT2D eigenvalue weighted by Gasteiger charge is 2.17. The fourth-order valence-electron chi connectivity index (χ4n) is 4.24. The third-order valence-corrected chi connectivity index (χ3v) is 5.74. The molecule has 4 heterocycles. The van der Waals surface area contributed by atoms with Gasteiger partial charge in [-0.3, -0.25) is 4.40 Å². The molecule has 6 rings (SSSR count). The van der Waals surface area contributed by atoms with Crippen molar-refractivity contribution in [1.82, 2.24) is 29.1 Å². The summed E-state index contributed by atoms with van der Waals surface area (Å²) in [6, 6.07) is 22.8. The van der Waals surface area contributed by atoms with E-state index < -0.39 is 0 Å². The molecule has 0 bridgehead atoms. The van der Waals surface area contributed by atoms with E-state index in [1.165, 1.54) is 11.3 Å². The predicted molar refractivity (Wildman–Crippen MR) is 127 cm³/mol. The van der Waals surface area contributed by atoms with Gasteiger partial charge in [0.25, 0.3) is 0 Å². The number of rotatable bonds is 4. The van der Waals surface area contributed by atoms with Gasteiger partial charge in [0.05, 0.1) is 27.8 Å². The second-order valence-electron chi connectivity index (χ2n) is 7.82. The number of anilines is 2. The van der Waals surface area contributed by atoms with E-state index in [0.29, 0.717) is 5.95 Å². The first kappa shape index (κ1) is 17.7. The second kappa shape index (κ2) is 6.70. The molecule has 2 aromatic carbocycles. The van der Waals surface area contributed by atoms with Crippen LogP contribution in [0.25, 0.3) is 27.7 Å². The van der Waals surface area contributed by atoms with Crippen molar-refractivity contribution in [2.45, 2.75) is 20.4 Å². The first-order chi connectivity index (χ1) is 15.2. The quantitative estimate of drug-likeness (QED) is 0.404. The van der Waals surface area contributed by atoms with E-state index in [4.69, 9.17) is 0 Å². The zero-order chi connectivity index (χ0) is 20.9. The number of aromatic amines is 1. The SMILES string of the molecule is Cc1cc2c(cc(Nc3nc4ccccc4[nH]3)c3nnc(C)n32)n1Cc1ccccc1.[HH].[HH]. The van der Waals surface area contributed by atoms with E-state index in [1.807, 2.05) is 37.3 Å². The Morgan fingerprint density at radius 1 is 0.935 bits per heavy atom. The van der Waals surface area contributed by atoms with Gasteiger partial charge < -0.3 is 14.9 Å². The summed E-state index contributed by atoms with van der Waals surface area (Å²) in [5.74, 6) is 1.53. The number of nitrogens with one attached hydrogen (secondary N) is 2. The number of aromatic nitrogens is 6. The number of H-pyrrole nitrogens is 1. The summed E-state index contributed by atoms with van der Waals surface area (Å²) in [5, 5.41) is 12.2. The van der Waals surface area contributed by atoms with Gasteiger partial charge in [-0.2, -0.15) is 0 Å². The topological polar surface area (TPSA) is 75.8 Å². The molecule has 0 aliphatic carbocycles. The summed E-state index contributed by atoms with van der Waals surface area (Å²) in [6.45, 7) is 4.92. The van der Waals surface area contributed by atoms with Crippen molar-refractivity contribution in [3.05, 3.63) is 83.8 Å². The third kappa shape index (κ3) is 2.85. The minimum Gasteiger partial charge on any atom is -0.339 e. The Morgan fingerprint density at radius 2 is 1.74 bits per heavy atom. The molecule has 0 aliphatic rings. The summed E-state index contributed by atoms with van der Waals surface area (Å²) >= 11 is 0. The smallest absolute Gasteiger partial charge is 0.205 e. The van der Waals surface area contributed by atoms with Crippen LogP contribution >= 0.6 is 0 Å². The van der Waals surface area contributed by atoms with Crippen molar-refractivity contribution in [2.24, 2.45) is 0 Å². The molecule has 0 atom stereocenters. The van der Waals surface area contributed by atoms with Crippen LogP contribution in [-0.2, 0) is 6.54 Å². The standard InChI is InChI=1S/C24H21N7.2H2/c1-15-12-22-21(30(15)14-17-8-4-3-5-9-17)13-20(23-29-28-16(2)31(22)23)27-24-25-18-10-6-7-11-19(18)26-24;;/h3-13H,14H2,1-2H3,(H2,25,26,27);2*1H. The number of fused-ring (bicyclic) bond motifs is 4. The molecule has 7 heteroatoms. The van der Waals surface area contributed by atoms with E-state index in [1.54, 1.807) is 0 Å². The van der Waals surface area contributed by atoms with Gasteiger partial charge in [-0.1, -0.05) is 42.5 Å². The Bertz CT molecular complexity index is 1530. The molecule has 31 heavy (non-hydrogen) atoms. The molecule has 0 fully saturated rings. The first-order valence-corrected chi connectivity index (χ1v) is 10.3. The van der Waals surface area contributed by atoms with Crippen LogP contribution in [0, 0.1) is 13.8 Å². The van der Waals surface area contributed by atoms with E-state index in [-0.39, 0.29) is 2.85 Å². The molecule has 2 N–H and O–H groups in total. The van der Waals surface area contributed by atoms with Crippen molar-refractivity contribution in [1.29, 1.82) is 0 Å². The monoisotopic (exact) mass is 411 g/mol. The summed E-state index contributed by atoms with van der Waals surface area (Å²) in [6.07, 6.45) is 0. The molecule has 0 amide bonds. The maximum Gasteiger partial charge on any atom is 0.205 e. The lowest BCUT2D eigenvalue weighted by Gasteiger charge is -2.11. The normalized spacial score (nSPS) is 11.7. The number of aryl methyl sites for hydroxylation is 2. The Labute approximate surface area is 181 Å². The molecule has 0 spiro atoms. The maximum absolute atomic E-state index is 4.67. The lowest BCUT2D eigenvalue weighted by molar-refractivity contribution is 0.805. The van der Waals surface area contributed by atoms with Gasteiger partial charge in [0.2, 0.25) is 5.95 Å². The molecule has 6 aromatic rings. The van der Waals surface area contributed by atoms with Crippen molar-refractivity contribution in [2.75, 3.05) is 5.32 Å². The number of hydrogen-bond donors (Lipinski definition) is 2. The fraction of sp³-hybridized carbons (Fsp3) is 0.125. The summed E-state index contributed by atoms with van der Waals surface area (Å²) in [7, 11) is 0. The number of imidazole rings is 1. The van der Waals surface area contributed by atoms with Crippen molar-refractivity contribution in [3.8, 4) is 0 Å². The lowest BCUT2D eigenvalue weighted by Crippen LogP contribution is -2.03. The van der Waals surface area contributed by atoms with Gasteiger partial charge in [0.1, 0.15) is 5.82 Å². The summed E-state index contributed by atoms with van der Waals surface area (Å²) in [5.41, 5.74) is 8.22. The maximum atomic E-state index is 4.67. The van der Waals surface area contributed by atoms with E-state index in [0.717, 1.165) is 45.8 Å². The Balaban J connectivity index is 0.00000130. The number of para-hydroxylation sites is 2. The van der Waals surface area contributed by atoms with Crippen LogP contribution in [0.4, 0.5) is 11.6 Å². The van der Waals surface area contributed by atoms with Crippen LogP contribution in [-0.4, -0.2) is 29.1 Å². The number of nitrogens with zero attached hydrogens (tertiary/aromatic N) is 5. The summed E-state index contributed by atoms with van der Waals surface area (Å²) < 4.78 is 4.43. The highest BCUT2D eigenvalue weighted by Crippen LogP contribution is 2.30. The minimum atomic E-state index is 0. The summed E-state index contributed by atoms with van der Waals surface area (Å²) in [4.78, 5) is 8.00. The van der Waals surface area contributed by atoms with Gasteiger partial charge in [-0.15, -0.1) is 10.2 Å². The molecule has 0 aliphatic heterocycles. The number of benzene rings is 2. The highest BCUT2D eigenvalue weighted by molar-refractivity contribution is 5.90. The van der Waals surface area contributed by atoms with E-state index in [9.17, 15) is 0 Å². The highest BCUT2D eigenvalue weighted by atomic mass is 15.3. The van der Waals surface area contributed by atoms with Crippen LogP contribution in [0.1, 0.15) is 19.9 Å². The molecule has 156 valence electrons. The average molecular weight is 412 g/mol. The predicted octanol–water partition coefficient (Wildman–Crippen LogP) is 5.46.